The number of rotatable bonds is 4. The summed E-state index contributed by atoms with van der Waals surface area (Å²) < 4.78 is 6.85. The van der Waals surface area contributed by atoms with E-state index in [-0.39, 0.29) is 5.91 Å². The second kappa shape index (κ2) is 6.76. The Hall–Kier alpha value is -2.79. The van der Waals surface area contributed by atoms with Gasteiger partial charge in [0, 0.05) is 16.7 Å². The molecule has 122 valence electrons. The summed E-state index contributed by atoms with van der Waals surface area (Å²) in [5.41, 5.74) is 2.16. The fraction of sp³-hybridized carbons (Fsp3) is 0.111. The van der Waals surface area contributed by atoms with Crippen LogP contribution >= 0.6 is 11.6 Å². The number of anilines is 1. The molecule has 6 heteroatoms. The van der Waals surface area contributed by atoms with Gasteiger partial charge in [0.2, 0.25) is 0 Å². The molecule has 1 heterocycles. The van der Waals surface area contributed by atoms with Crippen LogP contribution in [0.3, 0.4) is 0 Å². The molecule has 1 N–H and O–H groups in total. The number of aryl methyl sites for hydroxylation is 1. The molecule has 0 unspecified atom stereocenters. The van der Waals surface area contributed by atoms with Crippen LogP contribution in [0, 0.1) is 6.92 Å². The summed E-state index contributed by atoms with van der Waals surface area (Å²) in [5.74, 6) is 1.13. The zero-order valence-corrected chi connectivity index (χ0v) is 14.0. The molecule has 1 amide bonds. The van der Waals surface area contributed by atoms with Gasteiger partial charge in [0.05, 0.1) is 18.5 Å². The molecule has 0 aliphatic rings. The van der Waals surface area contributed by atoms with Crippen LogP contribution in [0.15, 0.2) is 54.6 Å². The van der Waals surface area contributed by atoms with Gasteiger partial charge in [0.25, 0.3) is 5.91 Å². The van der Waals surface area contributed by atoms with Crippen LogP contribution in [0.2, 0.25) is 5.02 Å². The summed E-state index contributed by atoms with van der Waals surface area (Å²) in [5, 5.41) is 7.91. The molecule has 0 atom stereocenters. The Morgan fingerprint density at radius 3 is 2.42 bits per heavy atom. The molecule has 0 bridgehead atoms. The van der Waals surface area contributed by atoms with Crippen LogP contribution in [-0.2, 0) is 0 Å². The highest BCUT2D eigenvalue weighted by Crippen LogP contribution is 2.21. The number of hydrogen-bond acceptors (Lipinski definition) is 3. The molecule has 5 nitrogen and oxygen atoms in total. The van der Waals surface area contributed by atoms with Gasteiger partial charge in [-0.3, -0.25) is 4.79 Å². The van der Waals surface area contributed by atoms with Gasteiger partial charge < -0.3 is 10.1 Å². The highest BCUT2D eigenvalue weighted by atomic mass is 35.5. The maximum Gasteiger partial charge on any atom is 0.256 e. The van der Waals surface area contributed by atoms with Gasteiger partial charge in [-0.1, -0.05) is 11.6 Å². The largest absolute Gasteiger partial charge is 0.497 e. The third kappa shape index (κ3) is 3.41. The molecule has 0 aliphatic carbocycles. The Morgan fingerprint density at radius 1 is 1.12 bits per heavy atom. The van der Waals surface area contributed by atoms with Crippen molar-refractivity contribution in [2.24, 2.45) is 0 Å². The van der Waals surface area contributed by atoms with E-state index >= 15 is 0 Å². The van der Waals surface area contributed by atoms with Crippen LogP contribution in [0.1, 0.15) is 16.1 Å². The molecule has 0 saturated heterocycles. The first-order chi connectivity index (χ1) is 11.6. The molecule has 0 saturated carbocycles. The molecule has 0 aliphatic heterocycles. The molecule has 0 radical (unpaired) electrons. The van der Waals surface area contributed by atoms with Gasteiger partial charge >= 0.3 is 0 Å². The summed E-state index contributed by atoms with van der Waals surface area (Å²) in [4.78, 5) is 12.4. The standard InChI is InChI=1S/C18H16ClN3O2/c1-12-11-17(20-18(23)13-3-5-14(19)6-4-13)22(21-12)15-7-9-16(24-2)10-8-15/h3-11H,1-2H3,(H,20,23). The second-order valence-corrected chi connectivity index (χ2v) is 5.68. The number of aromatic nitrogens is 2. The molecule has 24 heavy (non-hydrogen) atoms. The second-order valence-electron chi connectivity index (χ2n) is 5.24. The maximum absolute atomic E-state index is 12.4. The van der Waals surface area contributed by atoms with E-state index in [1.54, 1.807) is 36.1 Å². The quantitative estimate of drug-likeness (QED) is 0.777. The first kappa shape index (κ1) is 16.1. The number of hydrogen-bond donors (Lipinski definition) is 1. The van der Waals surface area contributed by atoms with Gasteiger partial charge in [-0.2, -0.15) is 5.10 Å². The minimum Gasteiger partial charge on any atom is -0.497 e. The first-order valence-electron chi connectivity index (χ1n) is 7.35. The van der Waals surface area contributed by atoms with Crippen LogP contribution in [-0.4, -0.2) is 22.8 Å². The minimum absolute atomic E-state index is 0.221. The number of halogens is 1. The topological polar surface area (TPSA) is 56.1 Å². The van der Waals surface area contributed by atoms with E-state index in [0.29, 0.717) is 16.4 Å². The molecular weight excluding hydrogens is 326 g/mol. The number of amides is 1. The molecule has 0 spiro atoms. The summed E-state index contributed by atoms with van der Waals surface area (Å²) in [6.45, 7) is 1.87. The van der Waals surface area contributed by atoms with E-state index in [0.717, 1.165) is 17.1 Å². The van der Waals surface area contributed by atoms with E-state index < -0.39 is 0 Å². The van der Waals surface area contributed by atoms with Crippen LogP contribution < -0.4 is 10.1 Å². The minimum atomic E-state index is -0.221. The van der Waals surface area contributed by atoms with E-state index in [4.69, 9.17) is 16.3 Å². The van der Waals surface area contributed by atoms with Crippen molar-refractivity contribution >= 4 is 23.3 Å². The Balaban J connectivity index is 1.88. The molecule has 1 aromatic heterocycles. The SMILES string of the molecule is COc1ccc(-n2nc(C)cc2NC(=O)c2ccc(Cl)cc2)cc1. The molecule has 0 fully saturated rings. The molecule has 3 rings (SSSR count). The van der Waals surface area contributed by atoms with E-state index in [9.17, 15) is 4.79 Å². The first-order valence-corrected chi connectivity index (χ1v) is 7.72. The number of nitrogens with one attached hydrogen (secondary N) is 1. The van der Waals surface area contributed by atoms with Crippen molar-refractivity contribution < 1.29 is 9.53 Å². The predicted molar refractivity (Wildman–Crippen MR) is 94.3 cm³/mol. The molecular formula is C18H16ClN3O2. The number of nitrogens with zero attached hydrogens (tertiary/aromatic N) is 2. The van der Waals surface area contributed by atoms with Crippen molar-refractivity contribution in [3.05, 3.63) is 70.9 Å². The van der Waals surface area contributed by atoms with Crippen molar-refractivity contribution in [3.8, 4) is 11.4 Å². The zero-order chi connectivity index (χ0) is 17.1. The summed E-state index contributed by atoms with van der Waals surface area (Å²) >= 11 is 5.85. The maximum atomic E-state index is 12.4. The van der Waals surface area contributed by atoms with Gasteiger partial charge in [0.1, 0.15) is 11.6 Å². The van der Waals surface area contributed by atoms with Crippen molar-refractivity contribution in [2.45, 2.75) is 6.92 Å². The number of carbonyl (C=O) groups is 1. The number of ether oxygens (including phenoxy) is 1. The van der Waals surface area contributed by atoms with E-state index in [2.05, 4.69) is 10.4 Å². The van der Waals surface area contributed by atoms with Crippen molar-refractivity contribution in [1.29, 1.82) is 0 Å². The van der Waals surface area contributed by atoms with Gasteiger partial charge in [-0.15, -0.1) is 0 Å². The lowest BCUT2D eigenvalue weighted by atomic mass is 10.2. The Morgan fingerprint density at radius 2 is 1.79 bits per heavy atom. The lowest BCUT2D eigenvalue weighted by Crippen LogP contribution is -2.15. The molecule has 2 aromatic carbocycles. The van der Waals surface area contributed by atoms with Crippen molar-refractivity contribution in [2.75, 3.05) is 12.4 Å². The molecule has 3 aromatic rings. The Bertz CT molecular complexity index is 855. The average molecular weight is 342 g/mol. The lowest BCUT2D eigenvalue weighted by molar-refractivity contribution is 0.102. The number of carbonyl (C=O) groups excluding carboxylic acids is 1. The third-order valence-corrected chi connectivity index (χ3v) is 3.75. The highest BCUT2D eigenvalue weighted by molar-refractivity contribution is 6.30. The van der Waals surface area contributed by atoms with Crippen molar-refractivity contribution in [1.82, 2.24) is 9.78 Å². The normalized spacial score (nSPS) is 10.5. The monoisotopic (exact) mass is 341 g/mol. The smallest absolute Gasteiger partial charge is 0.256 e. The highest BCUT2D eigenvalue weighted by Gasteiger charge is 2.12. The van der Waals surface area contributed by atoms with E-state index in [1.807, 2.05) is 37.3 Å². The van der Waals surface area contributed by atoms with Crippen LogP contribution in [0.25, 0.3) is 5.69 Å². The Labute approximate surface area is 144 Å². The fourth-order valence-corrected chi connectivity index (χ4v) is 2.42. The zero-order valence-electron chi connectivity index (χ0n) is 13.3. The lowest BCUT2D eigenvalue weighted by Gasteiger charge is -2.09. The average Bonchev–Trinajstić information content (AvgIpc) is 2.96. The van der Waals surface area contributed by atoms with Crippen molar-refractivity contribution in [3.63, 3.8) is 0 Å². The summed E-state index contributed by atoms with van der Waals surface area (Å²) in [6, 6.07) is 16.0. The van der Waals surface area contributed by atoms with Crippen LogP contribution in [0.5, 0.6) is 5.75 Å². The van der Waals surface area contributed by atoms with E-state index in [1.165, 1.54) is 0 Å². The third-order valence-electron chi connectivity index (χ3n) is 3.50. The Kier molecular flexibility index (Phi) is 4.53. The summed E-state index contributed by atoms with van der Waals surface area (Å²) in [7, 11) is 1.62. The summed E-state index contributed by atoms with van der Waals surface area (Å²) in [6.07, 6.45) is 0. The van der Waals surface area contributed by atoms with Gasteiger partial charge in [-0.25, -0.2) is 4.68 Å². The fourth-order valence-electron chi connectivity index (χ4n) is 2.30. The number of methoxy groups -OCH3 is 1. The predicted octanol–water partition coefficient (Wildman–Crippen LogP) is 4.10. The van der Waals surface area contributed by atoms with Gasteiger partial charge in [-0.05, 0) is 55.5 Å². The van der Waals surface area contributed by atoms with Gasteiger partial charge in [0.15, 0.2) is 0 Å². The van der Waals surface area contributed by atoms with Crippen LogP contribution in [0.4, 0.5) is 5.82 Å². The number of benzene rings is 2.